The molecule has 1 fully saturated rings. The monoisotopic (exact) mass is 277 g/mol. The first-order valence-corrected chi connectivity index (χ1v) is 7.03. The number of carboxylic acids is 1. The van der Waals surface area contributed by atoms with Crippen molar-refractivity contribution in [3.8, 4) is 0 Å². The van der Waals surface area contributed by atoms with Crippen molar-refractivity contribution in [2.75, 3.05) is 32.1 Å². The third-order valence-electron chi connectivity index (χ3n) is 4.02. The van der Waals surface area contributed by atoms with Gasteiger partial charge in [-0.3, -0.25) is 0 Å². The zero-order valence-electron chi connectivity index (χ0n) is 12.7. The summed E-state index contributed by atoms with van der Waals surface area (Å²) in [7, 11) is 4.06. The molecule has 0 bridgehead atoms. The number of anilines is 1. The second-order valence-electron chi connectivity index (χ2n) is 5.75. The minimum atomic E-state index is -0.902. The van der Waals surface area contributed by atoms with Crippen LogP contribution in [-0.4, -0.2) is 54.2 Å². The number of aryl methyl sites for hydroxylation is 2. The fourth-order valence-electron chi connectivity index (χ4n) is 2.96. The van der Waals surface area contributed by atoms with Crippen LogP contribution >= 0.6 is 0 Å². The summed E-state index contributed by atoms with van der Waals surface area (Å²) < 4.78 is 0. The fraction of sp³-hybridized carbons (Fsp3) is 0.600. The van der Waals surface area contributed by atoms with E-state index in [0.29, 0.717) is 17.4 Å². The number of pyridine rings is 1. The lowest BCUT2D eigenvalue weighted by molar-refractivity contribution is 0.0696. The lowest BCUT2D eigenvalue weighted by Crippen LogP contribution is -2.45. The summed E-state index contributed by atoms with van der Waals surface area (Å²) in [6.07, 6.45) is 2.22. The largest absolute Gasteiger partial charge is 0.478 e. The quantitative estimate of drug-likeness (QED) is 0.915. The Hall–Kier alpha value is -1.62. The van der Waals surface area contributed by atoms with E-state index in [4.69, 9.17) is 0 Å². The predicted molar refractivity (Wildman–Crippen MR) is 79.6 cm³/mol. The number of likely N-dealkylation sites (N-methyl/N-ethyl adjacent to an activating group) is 2. The average molecular weight is 277 g/mol. The minimum Gasteiger partial charge on any atom is -0.478 e. The number of aromatic carboxylic acids is 1. The molecule has 0 saturated carbocycles. The lowest BCUT2D eigenvalue weighted by Gasteiger charge is -2.37. The molecule has 0 spiro atoms. The summed E-state index contributed by atoms with van der Waals surface area (Å²) in [5.74, 6) is -0.309. The van der Waals surface area contributed by atoms with Crippen molar-refractivity contribution in [3.05, 3.63) is 22.9 Å². The van der Waals surface area contributed by atoms with Gasteiger partial charge in [-0.05, 0) is 51.9 Å². The maximum atomic E-state index is 11.5. The van der Waals surface area contributed by atoms with E-state index in [0.717, 1.165) is 37.2 Å². The van der Waals surface area contributed by atoms with Crippen molar-refractivity contribution in [2.24, 2.45) is 0 Å². The molecule has 1 unspecified atom stereocenters. The van der Waals surface area contributed by atoms with E-state index in [1.54, 1.807) is 0 Å². The summed E-state index contributed by atoms with van der Waals surface area (Å²) in [4.78, 5) is 20.3. The van der Waals surface area contributed by atoms with Crippen LogP contribution in [0.4, 0.5) is 5.82 Å². The molecule has 0 amide bonds. The lowest BCUT2D eigenvalue weighted by atomic mass is 10.0. The molecule has 1 aliphatic rings. The summed E-state index contributed by atoms with van der Waals surface area (Å²) in [5.41, 5.74) is 1.96. The van der Waals surface area contributed by atoms with Crippen LogP contribution in [0, 0.1) is 13.8 Å². The molecule has 0 radical (unpaired) electrons. The molecule has 1 aromatic rings. The Labute approximate surface area is 120 Å². The molecular formula is C15H23N3O2. The second-order valence-corrected chi connectivity index (χ2v) is 5.75. The number of likely N-dealkylation sites (tertiary alicyclic amines) is 1. The number of hydrogen-bond donors (Lipinski definition) is 1. The summed E-state index contributed by atoms with van der Waals surface area (Å²) in [5, 5.41) is 9.46. The van der Waals surface area contributed by atoms with E-state index in [1.165, 1.54) is 0 Å². The van der Waals surface area contributed by atoms with Crippen molar-refractivity contribution >= 4 is 11.8 Å². The van der Waals surface area contributed by atoms with Gasteiger partial charge in [0.2, 0.25) is 0 Å². The Kier molecular flexibility index (Phi) is 4.28. The van der Waals surface area contributed by atoms with Crippen LogP contribution < -0.4 is 4.90 Å². The Morgan fingerprint density at radius 1 is 1.50 bits per heavy atom. The van der Waals surface area contributed by atoms with Gasteiger partial charge in [-0.2, -0.15) is 0 Å². The number of nitrogens with zero attached hydrogens (tertiary/aromatic N) is 3. The molecule has 5 nitrogen and oxygen atoms in total. The first-order chi connectivity index (χ1) is 9.40. The van der Waals surface area contributed by atoms with Crippen molar-refractivity contribution in [1.82, 2.24) is 9.88 Å². The third-order valence-corrected chi connectivity index (χ3v) is 4.02. The van der Waals surface area contributed by atoms with Crippen molar-refractivity contribution < 1.29 is 9.90 Å². The number of carboxylic acid groups (broad SMARTS) is 1. The van der Waals surface area contributed by atoms with E-state index in [1.807, 2.05) is 31.9 Å². The van der Waals surface area contributed by atoms with E-state index in [-0.39, 0.29) is 0 Å². The highest BCUT2D eigenvalue weighted by Gasteiger charge is 2.26. The van der Waals surface area contributed by atoms with Crippen LogP contribution in [0.5, 0.6) is 0 Å². The average Bonchev–Trinajstić information content (AvgIpc) is 2.36. The molecule has 110 valence electrons. The molecule has 0 aromatic carbocycles. The van der Waals surface area contributed by atoms with Gasteiger partial charge < -0.3 is 14.9 Å². The molecule has 20 heavy (non-hydrogen) atoms. The van der Waals surface area contributed by atoms with Gasteiger partial charge in [0.25, 0.3) is 0 Å². The van der Waals surface area contributed by atoms with Crippen LogP contribution in [0.2, 0.25) is 0 Å². The molecular weight excluding hydrogens is 254 g/mol. The van der Waals surface area contributed by atoms with Gasteiger partial charge in [0.05, 0.1) is 0 Å². The van der Waals surface area contributed by atoms with Gasteiger partial charge in [0.1, 0.15) is 11.4 Å². The normalized spacial score (nSPS) is 19.9. The molecule has 1 aliphatic heterocycles. The molecule has 1 N–H and O–H groups in total. The van der Waals surface area contributed by atoms with Crippen LogP contribution in [0.25, 0.3) is 0 Å². The molecule has 2 rings (SSSR count). The minimum absolute atomic E-state index is 0.320. The maximum Gasteiger partial charge on any atom is 0.339 e. The number of aromatic nitrogens is 1. The molecule has 1 aromatic heterocycles. The highest BCUT2D eigenvalue weighted by atomic mass is 16.4. The van der Waals surface area contributed by atoms with Crippen LogP contribution in [0.3, 0.4) is 0 Å². The first-order valence-electron chi connectivity index (χ1n) is 7.03. The van der Waals surface area contributed by atoms with Gasteiger partial charge in [-0.15, -0.1) is 0 Å². The van der Waals surface area contributed by atoms with Crippen molar-refractivity contribution in [1.29, 1.82) is 0 Å². The first kappa shape index (κ1) is 14.8. The Morgan fingerprint density at radius 2 is 2.20 bits per heavy atom. The fourth-order valence-corrected chi connectivity index (χ4v) is 2.96. The molecule has 1 atom stereocenters. The number of rotatable bonds is 3. The predicted octanol–water partition coefficient (Wildman–Crippen LogP) is 1.93. The van der Waals surface area contributed by atoms with E-state index in [9.17, 15) is 9.90 Å². The van der Waals surface area contributed by atoms with Gasteiger partial charge in [0.15, 0.2) is 0 Å². The number of carbonyl (C=O) groups is 1. The Bertz CT molecular complexity index is 516. The molecule has 0 aliphatic carbocycles. The second kappa shape index (κ2) is 5.79. The van der Waals surface area contributed by atoms with Crippen molar-refractivity contribution in [3.63, 3.8) is 0 Å². The van der Waals surface area contributed by atoms with Gasteiger partial charge in [-0.25, -0.2) is 9.78 Å². The smallest absolute Gasteiger partial charge is 0.339 e. The highest BCUT2D eigenvalue weighted by Crippen LogP contribution is 2.26. The number of piperidine rings is 1. The number of hydrogen-bond acceptors (Lipinski definition) is 4. The van der Waals surface area contributed by atoms with Crippen LogP contribution in [-0.2, 0) is 0 Å². The summed E-state index contributed by atoms with van der Waals surface area (Å²) in [6, 6.07) is 2.15. The van der Waals surface area contributed by atoms with Crippen LogP contribution in [0.1, 0.15) is 34.5 Å². The van der Waals surface area contributed by atoms with Gasteiger partial charge in [-0.1, -0.05) is 0 Å². The highest BCUT2D eigenvalue weighted by molar-refractivity contribution is 5.95. The molecule has 2 heterocycles. The summed E-state index contributed by atoms with van der Waals surface area (Å²) in [6.45, 7) is 5.80. The summed E-state index contributed by atoms with van der Waals surface area (Å²) >= 11 is 0. The third kappa shape index (κ3) is 2.93. The van der Waals surface area contributed by atoms with Crippen molar-refractivity contribution in [2.45, 2.75) is 32.7 Å². The van der Waals surface area contributed by atoms with E-state index >= 15 is 0 Å². The molecule has 1 saturated heterocycles. The van der Waals surface area contributed by atoms with Gasteiger partial charge >= 0.3 is 5.97 Å². The Morgan fingerprint density at radius 3 is 2.80 bits per heavy atom. The zero-order chi connectivity index (χ0) is 14.9. The molecule has 5 heteroatoms. The zero-order valence-corrected chi connectivity index (χ0v) is 12.7. The Balaban J connectivity index is 2.37. The SMILES string of the molecule is Cc1cc(C)c(C(=O)O)c(N(C)C2CCCN(C)C2)n1. The standard InChI is InChI=1S/C15H23N3O2/c1-10-8-11(2)16-14(13(10)15(19)20)18(4)12-6-5-7-17(3)9-12/h8,12H,5-7,9H2,1-4H3,(H,19,20). The van der Waals surface area contributed by atoms with E-state index < -0.39 is 5.97 Å². The van der Waals surface area contributed by atoms with E-state index in [2.05, 4.69) is 16.9 Å². The topological polar surface area (TPSA) is 56.7 Å². The van der Waals surface area contributed by atoms with Crippen LogP contribution in [0.15, 0.2) is 6.07 Å². The van der Waals surface area contributed by atoms with Gasteiger partial charge in [0, 0.05) is 25.3 Å². The maximum absolute atomic E-state index is 11.5.